The lowest BCUT2D eigenvalue weighted by Crippen LogP contribution is -2.43. The topological polar surface area (TPSA) is 63.4 Å². The zero-order chi connectivity index (χ0) is 24.0. The van der Waals surface area contributed by atoms with E-state index in [9.17, 15) is 14.0 Å². The number of hydrogen-bond acceptors (Lipinski definition) is 5. The van der Waals surface area contributed by atoms with Gasteiger partial charge in [-0.25, -0.2) is 4.39 Å². The summed E-state index contributed by atoms with van der Waals surface area (Å²) in [6.45, 7) is 2.30. The third-order valence-electron chi connectivity index (χ3n) is 7.69. The van der Waals surface area contributed by atoms with Crippen molar-refractivity contribution < 1.29 is 18.5 Å². The molecule has 0 amide bonds. The van der Waals surface area contributed by atoms with Crippen molar-refractivity contribution in [1.29, 1.82) is 0 Å². The van der Waals surface area contributed by atoms with Gasteiger partial charge in [0.15, 0.2) is 11.6 Å². The first-order chi connectivity index (χ1) is 17.1. The Labute approximate surface area is 202 Å². The normalized spacial score (nSPS) is 18.3. The van der Waals surface area contributed by atoms with E-state index in [4.69, 9.17) is 4.52 Å². The van der Waals surface area contributed by atoms with Crippen LogP contribution in [-0.2, 0) is 5.41 Å². The molecule has 2 aliphatic rings. The first kappa shape index (κ1) is 21.9. The third-order valence-corrected chi connectivity index (χ3v) is 7.69. The number of ketones is 2. The van der Waals surface area contributed by atoms with Crippen LogP contribution in [0, 0.1) is 5.82 Å². The highest BCUT2D eigenvalue weighted by atomic mass is 19.1. The summed E-state index contributed by atoms with van der Waals surface area (Å²) >= 11 is 0. The van der Waals surface area contributed by atoms with Crippen molar-refractivity contribution in [3.63, 3.8) is 0 Å². The molecule has 0 bridgehead atoms. The second-order valence-electron chi connectivity index (χ2n) is 9.55. The first-order valence-electron chi connectivity index (χ1n) is 12.1. The quantitative estimate of drug-likeness (QED) is 0.359. The molecule has 1 aliphatic heterocycles. The van der Waals surface area contributed by atoms with Crippen LogP contribution in [0.1, 0.15) is 57.2 Å². The molecule has 0 radical (unpaired) electrons. The van der Waals surface area contributed by atoms with Crippen LogP contribution in [0.4, 0.5) is 4.39 Å². The molecule has 4 aromatic rings. The molecule has 0 N–H and O–H groups in total. The predicted octanol–water partition coefficient (Wildman–Crippen LogP) is 5.55. The van der Waals surface area contributed by atoms with Crippen molar-refractivity contribution in [2.45, 2.75) is 30.6 Å². The summed E-state index contributed by atoms with van der Waals surface area (Å²) < 4.78 is 19.1. The summed E-state index contributed by atoms with van der Waals surface area (Å²) in [5, 5.41) is 4.91. The Morgan fingerprint density at radius 3 is 2.26 bits per heavy atom. The van der Waals surface area contributed by atoms with Crippen LogP contribution in [0.2, 0.25) is 0 Å². The maximum atomic E-state index is 13.7. The van der Waals surface area contributed by atoms with Gasteiger partial charge in [-0.3, -0.25) is 9.59 Å². The van der Waals surface area contributed by atoms with Crippen LogP contribution in [-0.4, -0.2) is 41.3 Å². The average Bonchev–Trinajstić information content (AvgIpc) is 3.41. The van der Waals surface area contributed by atoms with Gasteiger partial charge in [-0.1, -0.05) is 59.8 Å². The molecule has 6 rings (SSSR count). The van der Waals surface area contributed by atoms with E-state index >= 15 is 0 Å². The summed E-state index contributed by atoms with van der Waals surface area (Å²) in [7, 11) is 0. The van der Waals surface area contributed by atoms with Crippen molar-refractivity contribution in [3.8, 4) is 0 Å². The minimum Gasteiger partial charge on any atom is -0.360 e. The maximum Gasteiger partial charge on any atom is 0.181 e. The van der Waals surface area contributed by atoms with Gasteiger partial charge in [-0.2, -0.15) is 0 Å². The number of piperidine rings is 1. The Balaban J connectivity index is 1.20. The molecule has 1 saturated heterocycles. The van der Waals surface area contributed by atoms with Crippen LogP contribution < -0.4 is 0 Å². The van der Waals surface area contributed by atoms with Gasteiger partial charge in [0.2, 0.25) is 0 Å². The molecule has 2 heterocycles. The fourth-order valence-electron chi connectivity index (χ4n) is 5.77. The number of rotatable bonds is 5. The number of fused-ring (bicyclic) bond motifs is 2. The molecule has 1 aromatic heterocycles. The smallest absolute Gasteiger partial charge is 0.181 e. The molecule has 176 valence electrons. The van der Waals surface area contributed by atoms with Crippen LogP contribution in [0.3, 0.4) is 0 Å². The number of nitrogens with zero attached hydrogens (tertiary/aromatic N) is 2. The van der Waals surface area contributed by atoms with Crippen molar-refractivity contribution >= 4 is 22.5 Å². The SMILES string of the molecule is O=C1c2ccccc2C(=O)C1(CCN1CCC(c2onc3cc(F)ccc23)CC1)c1ccccc1. The minimum absolute atomic E-state index is 0.0976. The number of hydrogen-bond donors (Lipinski definition) is 0. The first-order valence-corrected chi connectivity index (χ1v) is 12.1. The van der Waals surface area contributed by atoms with E-state index in [0.717, 1.165) is 42.6 Å². The van der Waals surface area contributed by atoms with E-state index < -0.39 is 5.41 Å². The molecule has 5 nitrogen and oxygen atoms in total. The molecule has 1 aliphatic carbocycles. The highest BCUT2D eigenvalue weighted by molar-refractivity contribution is 6.33. The summed E-state index contributed by atoms with van der Waals surface area (Å²) in [5.41, 5.74) is 1.18. The molecule has 35 heavy (non-hydrogen) atoms. The summed E-state index contributed by atoms with van der Waals surface area (Å²) in [5.74, 6) is 0.512. The number of Topliss-reactive ketones (excluding diaryl/α,β-unsaturated/α-hetero) is 2. The van der Waals surface area contributed by atoms with Gasteiger partial charge in [-0.05, 0) is 56.6 Å². The van der Waals surface area contributed by atoms with Gasteiger partial charge in [0.1, 0.15) is 22.5 Å². The molecule has 6 heteroatoms. The Bertz CT molecular complexity index is 1390. The molecular weight excluding hydrogens is 443 g/mol. The van der Waals surface area contributed by atoms with Gasteiger partial charge < -0.3 is 9.42 Å². The van der Waals surface area contributed by atoms with Crippen LogP contribution >= 0.6 is 0 Å². The zero-order valence-corrected chi connectivity index (χ0v) is 19.2. The third kappa shape index (κ3) is 3.51. The Hall–Kier alpha value is -3.64. The van der Waals surface area contributed by atoms with Gasteiger partial charge in [-0.15, -0.1) is 0 Å². The lowest BCUT2D eigenvalue weighted by Gasteiger charge is -2.34. The van der Waals surface area contributed by atoms with Gasteiger partial charge in [0.25, 0.3) is 0 Å². The summed E-state index contributed by atoms with van der Waals surface area (Å²) in [6.07, 6.45) is 2.20. The molecule has 0 saturated carbocycles. The summed E-state index contributed by atoms with van der Waals surface area (Å²) in [6, 6.07) is 21.2. The number of carbonyl (C=O) groups is 2. The van der Waals surface area contributed by atoms with E-state index in [0.29, 0.717) is 29.6 Å². The van der Waals surface area contributed by atoms with Crippen LogP contribution in [0.15, 0.2) is 77.3 Å². The summed E-state index contributed by atoms with van der Waals surface area (Å²) in [4.78, 5) is 29.7. The maximum absolute atomic E-state index is 13.7. The van der Waals surface area contributed by atoms with Crippen LogP contribution in [0.25, 0.3) is 10.9 Å². The Morgan fingerprint density at radius 2 is 1.57 bits per heavy atom. The molecule has 3 aromatic carbocycles. The highest BCUT2D eigenvalue weighted by Gasteiger charge is 2.53. The zero-order valence-electron chi connectivity index (χ0n) is 19.2. The monoisotopic (exact) mass is 468 g/mol. The van der Waals surface area contributed by atoms with Gasteiger partial charge >= 0.3 is 0 Å². The van der Waals surface area contributed by atoms with E-state index in [1.807, 2.05) is 42.5 Å². The lowest BCUT2D eigenvalue weighted by molar-refractivity contribution is 0.0761. The Morgan fingerprint density at radius 1 is 0.914 bits per heavy atom. The van der Waals surface area contributed by atoms with E-state index in [1.54, 1.807) is 18.2 Å². The molecule has 0 atom stereocenters. The fourth-order valence-corrected chi connectivity index (χ4v) is 5.77. The van der Waals surface area contributed by atoms with Crippen molar-refractivity contribution in [2.75, 3.05) is 19.6 Å². The minimum atomic E-state index is -1.17. The molecular formula is C29H25FN2O3. The van der Waals surface area contributed by atoms with E-state index in [2.05, 4.69) is 10.1 Å². The van der Waals surface area contributed by atoms with E-state index in [1.165, 1.54) is 12.1 Å². The van der Waals surface area contributed by atoms with Crippen molar-refractivity contribution in [2.24, 2.45) is 0 Å². The Kier molecular flexibility index (Phi) is 5.33. The lowest BCUT2D eigenvalue weighted by atomic mass is 9.73. The molecule has 0 spiro atoms. The van der Waals surface area contributed by atoms with Gasteiger partial charge in [0.05, 0.1) is 0 Å². The van der Waals surface area contributed by atoms with Crippen molar-refractivity contribution in [3.05, 3.63) is 101 Å². The van der Waals surface area contributed by atoms with Gasteiger partial charge in [0, 0.05) is 28.5 Å². The number of carbonyl (C=O) groups excluding carboxylic acids is 2. The average molecular weight is 469 g/mol. The highest BCUT2D eigenvalue weighted by Crippen LogP contribution is 2.43. The van der Waals surface area contributed by atoms with Crippen molar-refractivity contribution in [1.82, 2.24) is 10.1 Å². The second-order valence-corrected chi connectivity index (χ2v) is 9.55. The standard InChI is InChI=1S/C29H25FN2O3/c30-21-10-11-24-25(18-21)31-35-26(24)19-12-15-32(16-13-19)17-14-29(20-6-2-1-3-7-20)27(33)22-8-4-5-9-23(22)28(29)34/h1-11,18-19H,12-17H2. The predicted molar refractivity (Wildman–Crippen MR) is 130 cm³/mol. The van der Waals surface area contributed by atoms with Crippen LogP contribution in [0.5, 0.6) is 0 Å². The number of benzene rings is 3. The number of aromatic nitrogens is 1. The molecule has 0 unspecified atom stereocenters. The number of likely N-dealkylation sites (tertiary alicyclic amines) is 1. The fraction of sp³-hybridized carbons (Fsp3) is 0.276. The van der Waals surface area contributed by atoms with E-state index in [-0.39, 0.29) is 23.3 Å². The molecule has 1 fully saturated rings. The largest absolute Gasteiger partial charge is 0.360 e. The second kappa shape index (κ2) is 8.54. The number of halogens is 1.